The monoisotopic (exact) mass is 556 g/mol. The van der Waals surface area contributed by atoms with Crippen molar-refractivity contribution >= 4 is 22.2 Å². The first-order valence-electron chi connectivity index (χ1n) is 14.5. The van der Waals surface area contributed by atoms with E-state index in [0.29, 0.717) is 13.0 Å². The van der Waals surface area contributed by atoms with Crippen LogP contribution in [0.4, 0.5) is 0 Å². The van der Waals surface area contributed by atoms with E-state index in [9.17, 15) is 22.6 Å². The van der Waals surface area contributed by atoms with Crippen molar-refractivity contribution in [3.63, 3.8) is 0 Å². The molecular formula is C27H53N2NaO6S. The molecule has 0 heterocycles. The van der Waals surface area contributed by atoms with Crippen LogP contribution in [0.1, 0.15) is 142 Å². The molecule has 10 heteroatoms. The third-order valence-electron chi connectivity index (χ3n) is 6.37. The maximum Gasteiger partial charge on any atom is 1.00 e. The maximum absolute atomic E-state index is 12.5. The average molecular weight is 557 g/mol. The smallest absolute Gasteiger partial charge is 0.726 e. The number of unbranched alkanes of at least 4 members (excludes halogenated alkanes) is 17. The maximum atomic E-state index is 12.5. The Labute approximate surface area is 249 Å². The summed E-state index contributed by atoms with van der Waals surface area (Å²) in [4.78, 5) is 24.7. The third-order valence-corrected chi connectivity index (χ3v) is 6.79. The molecule has 214 valence electrons. The molecule has 2 amide bonds. The Morgan fingerprint density at radius 3 is 1.54 bits per heavy atom. The molecule has 0 aliphatic heterocycles. The molecule has 2 N–H and O–H groups in total. The van der Waals surface area contributed by atoms with Crippen LogP contribution in [0.2, 0.25) is 0 Å². The molecule has 0 aromatic carbocycles. The van der Waals surface area contributed by atoms with Gasteiger partial charge in [-0.25, -0.2) is 8.42 Å². The van der Waals surface area contributed by atoms with Gasteiger partial charge in [0.15, 0.2) is 0 Å². The molecule has 0 radical (unpaired) electrons. The molecule has 1 atom stereocenters. The van der Waals surface area contributed by atoms with Crippen LogP contribution in [0.15, 0.2) is 0 Å². The minimum absolute atomic E-state index is 0. The zero-order valence-electron chi connectivity index (χ0n) is 24.0. The second-order valence-electron chi connectivity index (χ2n) is 9.86. The second kappa shape index (κ2) is 27.4. The summed E-state index contributed by atoms with van der Waals surface area (Å²) in [6.07, 6.45) is 22.3. The van der Waals surface area contributed by atoms with E-state index in [1.165, 1.54) is 77.0 Å². The SMILES string of the molecule is CCCCCCCCCCCCCCNC(=O)[C@H](COS(=O)(=O)[O-])NC(=O)CCCCCCCCC.[Na+]. The van der Waals surface area contributed by atoms with Gasteiger partial charge in [0.2, 0.25) is 22.2 Å². The first-order chi connectivity index (χ1) is 17.3. The normalized spacial score (nSPS) is 12.1. The Kier molecular flexibility index (Phi) is 28.8. The van der Waals surface area contributed by atoms with Crippen molar-refractivity contribution in [3.8, 4) is 0 Å². The van der Waals surface area contributed by atoms with Gasteiger partial charge < -0.3 is 15.2 Å². The van der Waals surface area contributed by atoms with Crippen molar-refractivity contribution in [3.05, 3.63) is 0 Å². The molecule has 0 aliphatic rings. The number of carbonyl (C=O) groups is 2. The Balaban J connectivity index is 0. The van der Waals surface area contributed by atoms with Crippen LogP contribution in [0.5, 0.6) is 0 Å². The van der Waals surface area contributed by atoms with Gasteiger partial charge in [-0.3, -0.25) is 13.8 Å². The molecule has 0 aromatic rings. The molecule has 0 saturated heterocycles. The zero-order chi connectivity index (χ0) is 26.9. The molecule has 0 unspecified atom stereocenters. The number of nitrogens with one attached hydrogen (secondary N) is 2. The molecular weight excluding hydrogens is 503 g/mol. The van der Waals surface area contributed by atoms with E-state index in [-0.39, 0.29) is 41.9 Å². The van der Waals surface area contributed by atoms with Crippen molar-refractivity contribution < 1.29 is 56.3 Å². The van der Waals surface area contributed by atoms with Gasteiger partial charge in [-0.15, -0.1) is 0 Å². The summed E-state index contributed by atoms with van der Waals surface area (Å²) in [7, 11) is -4.95. The first-order valence-corrected chi connectivity index (χ1v) is 15.8. The number of hydrogen-bond acceptors (Lipinski definition) is 6. The van der Waals surface area contributed by atoms with Crippen molar-refractivity contribution in [1.29, 1.82) is 0 Å². The second-order valence-corrected chi connectivity index (χ2v) is 10.9. The standard InChI is InChI=1S/C27H54N2O6S.Na/c1-3-5-7-9-11-12-13-14-15-17-19-21-23-28-27(31)25(24-35-36(32,33)34)29-26(30)22-20-18-16-10-8-6-4-2;/h25H,3-24H2,1-2H3,(H,28,31)(H,29,30)(H,32,33,34);/q;+1/p-1/t25-;/m0./s1. The third kappa shape index (κ3) is 28.6. The summed E-state index contributed by atoms with van der Waals surface area (Å²) in [6, 6.07) is -1.21. The van der Waals surface area contributed by atoms with Gasteiger partial charge in [0, 0.05) is 13.0 Å². The van der Waals surface area contributed by atoms with Crippen LogP contribution in [-0.2, 0) is 24.2 Å². The van der Waals surface area contributed by atoms with E-state index < -0.39 is 29.0 Å². The molecule has 0 bridgehead atoms. The van der Waals surface area contributed by atoms with Gasteiger partial charge in [-0.2, -0.15) is 0 Å². The minimum atomic E-state index is -4.95. The molecule has 8 nitrogen and oxygen atoms in total. The van der Waals surface area contributed by atoms with E-state index in [1.807, 2.05) is 0 Å². The first kappa shape index (κ1) is 39.0. The van der Waals surface area contributed by atoms with E-state index in [0.717, 1.165) is 38.5 Å². The van der Waals surface area contributed by atoms with Gasteiger partial charge in [0.25, 0.3) is 0 Å². The van der Waals surface area contributed by atoms with Gasteiger partial charge in [0.05, 0.1) is 6.61 Å². The van der Waals surface area contributed by atoms with Crippen molar-refractivity contribution in [1.82, 2.24) is 10.6 Å². The summed E-state index contributed by atoms with van der Waals surface area (Å²) in [6.45, 7) is 4.14. The van der Waals surface area contributed by atoms with Gasteiger partial charge in [-0.1, -0.05) is 123 Å². The zero-order valence-corrected chi connectivity index (χ0v) is 26.8. The number of carbonyl (C=O) groups excluding carboxylic acids is 2. The Hall–Kier alpha value is -0.190. The topological polar surface area (TPSA) is 125 Å². The van der Waals surface area contributed by atoms with Crippen LogP contribution in [0.25, 0.3) is 0 Å². The van der Waals surface area contributed by atoms with Crippen LogP contribution >= 0.6 is 0 Å². The fourth-order valence-corrected chi connectivity index (χ4v) is 4.45. The molecule has 0 spiro atoms. The fraction of sp³-hybridized carbons (Fsp3) is 0.926. The summed E-state index contributed by atoms with van der Waals surface area (Å²) < 4.78 is 36.7. The Morgan fingerprint density at radius 2 is 1.11 bits per heavy atom. The van der Waals surface area contributed by atoms with Crippen LogP contribution in [0.3, 0.4) is 0 Å². The predicted octanol–water partition coefficient (Wildman–Crippen LogP) is 2.91. The van der Waals surface area contributed by atoms with Crippen LogP contribution in [0, 0.1) is 0 Å². The molecule has 0 fully saturated rings. The predicted molar refractivity (Wildman–Crippen MR) is 144 cm³/mol. The largest absolute Gasteiger partial charge is 1.00 e. The van der Waals surface area contributed by atoms with Gasteiger partial charge in [0.1, 0.15) is 6.04 Å². The van der Waals surface area contributed by atoms with E-state index in [4.69, 9.17) is 0 Å². The quantitative estimate of drug-likeness (QED) is 0.0731. The molecule has 37 heavy (non-hydrogen) atoms. The number of rotatable bonds is 26. The van der Waals surface area contributed by atoms with Crippen molar-refractivity contribution in [2.45, 2.75) is 148 Å². The van der Waals surface area contributed by atoms with Crippen molar-refractivity contribution in [2.24, 2.45) is 0 Å². The molecule has 0 aliphatic carbocycles. The molecule has 0 saturated carbocycles. The Morgan fingerprint density at radius 1 is 0.703 bits per heavy atom. The number of hydrogen-bond donors (Lipinski definition) is 2. The van der Waals surface area contributed by atoms with Crippen molar-refractivity contribution in [2.75, 3.05) is 13.2 Å². The van der Waals surface area contributed by atoms with Gasteiger partial charge >= 0.3 is 29.6 Å². The van der Waals surface area contributed by atoms with Gasteiger partial charge in [-0.05, 0) is 12.8 Å². The minimum Gasteiger partial charge on any atom is -0.726 e. The van der Waals surface area contributed by atoms with Crippen LogP contribution in [-0.4, -0.2) is 44.0 Å². The summed E-state index contributed by atoms with van der Waals surface area (Å²) in [5, 5.41) is 5.24. The number of amides is 2. The van der Waals surface area contributed by atoms with E-state index in [1.54, 1.807) is 0 Å². The summed E-state index contributed by atoms with van der Waals surface area (Å²) in [5.74, 6) is -0.879. The fourth-order valence-electron chi connectivity index (χ4n) is 4.14. The van der Waals surface area contributed by atoms with E-state index in [2.05, 4.69) is 28.7 Å². The molecule has 0 rings (SSSR count). The summed E-state index contributed by atoms with van der Waals surface area (Å²) in [5.41, 5.74) is 0. The Bertz CT molecular complexity index is 649. The average Bonchev–Trinajstić information content (AvgIpc) is 2.83. The summed E-state index contributed by atoms with van der Waals surface area (Å²) >= 11 is 0. The molecule has 0 aromatic heterocycles. The van der Waals surface area contributed by atoms with Crippen LogP contribution < -0.4 is 40.2 Å². The van der Waals surface area contributed by atoms with E-state index >= 15 is 0 Å².